The molecule has 0 radical (unpaired) electrons. The molecular formula is C19H19NO4. The number of benzene rings is 2. The summed E-state index contributed by atoms with van der Waals surface area (Å²) in [5.41, 5.74) is 1.32. The number of aryl methyl sites for hydroxylation is 2. The van der Waals surface area contributed by atoms with Gasteiger partial charge < -0.3 is 15.2 Å². The lowest BCUT2D eigenvalue weighted by Gasteiger charge is -2.19. The van der Waals surface area contributed by atoms with Crippen molar-refractivity contribution >= 4 is 17.6 Å². The molecule has 1 fully saturated rings. The summed E-state index contributed by atoms with van der Waals surface area (Å²) in [7, 11) is 0. The van der Waals surface area contributed by atoms with Gasteiger partial charge >= 0.3 is 5.97 Å². The Hall–Kier alpha value is -2.82. The molecule has 0 atom stereocenters. The number of nitrogens with one attached hydrogen (secondary N) is 1. The van der Waals surface area contributed by atoms with Gasteiger partial charge in [-0.3, -0.25) is 4.79 Å². The van der Waals surface area contributed by atoms with Crippen LogP contribution in [0.3, 0.4) is 0 Å². The minimum atomic E-state index is -1.01. The molecule has 0 aromatic heterocycles. The number of carbonyl (C=O) groups is 2. The maximum Gasteiger partial charge on any atom is 0.336 e. The van der Waals surface area contributed by atoms with Gasteiger partial charge in [0, 0.05) is 18.5 Å². The number of hydrogen-bond donors (Lipinski definition) is 2. The average Bonchev–Trinajstić information content (AvgIpc) is 3.31. The van der Waals surface area contributed by atoms with Crippen molar-refractivity contribution < 1.29 is 19.4 Å². The lowest BCUT2D eigenvalue weighted by Crippen LogP contribution is -2.35. The molecule has 0 saturated heterocycles. The molecule has 0 bridgehead atoms. The molecule has 3 rings (SSSR count). The van der Waals surface area contributed by atoms with Crippen LogP contribution in [0.15, 0.2) is 42.5 Å². The maximum atomic E-state index is 12.6. The molecule has 0 aliphatic heterocycles. The molecule has 2 aromatic carbocycles. The van der Waals surface area contributed by atoms with Crippen molar-refractivity contribution in [2.75, 3.05) is 5.32 Å². The quantitative estimate of drug-likeness (QED) is 0.881. The summed E-state index contributed by atoms with van der Waals surface area (Å²) in [5.74, 6) is -0.601. The van der Waals surface area contributed by atoms with E-state index < -0.39 is 11.6 Å². The first-order valence-electron chi connectivity index (χ1n) is 7.81. The third-order valence-electron chi connectivity index (χ3n) is 4.22. The highest BCUT2D eigenvalue weighted by molar-refractivity contribution is 6.01. The van der Waals surface area contributed by atoms with Gasteiger partial charge in [0.05, 0.1) is 5.56 Å². The van der Waals surface area contributed by atoms with Crippen LogP contribution in [0, 0.1) is 13.8 Å². The fraction of sp³-hybridized carbons (Fsp3) is 0.263. The van der Waals surface area contributed by atoms with Gasteiger partial charge in [-0.05, 0) is 43.2 Å². The van der Waals surface area contributed by atoms with Crippen LogP contribution in [0.1, 0.15) is 34.3 Å². The summed E-state index contributed by atoms with van der Waals surface area (Å²) in [6, 6.07) is 12.5. The van der Waals surface area contributed by atoms with E-state index >= 15 is 0 Å². The summed E-state index contributed by atoms with van der Waals surface area (Å²) in [4.78, 5) is 23.9. The average molecular weight is 325 g/mol. The molecule has 24 heavy (non-hydrogen) atoms. The van der Waals surface area contributed by atoms with Crippen molar-refractivity contribution in [2.24, 2.45) is 0 Å². The van der Waals surface area contributed by atoms with E-state index in [0.29, 0.717) is 29.8 Å². The van der Waals surface area contributed by atoms with Crippen LogP contribution in [0.2, 0.25) is 0 Å². The molecule has 0 unspecified atom stereocenters. The van der Waals surface area contributed by atoms with Gasteiger partial charge in [-0.15, -0.1) is 0 Å². The van der Waals surface area contributed by atoms with E-state index in [2.05, 4.69) is 5.32 Å². The van der Waals surface area contributed by atoms with Gasteiger partial charge in [0.1, 0.15) is 5.75 Å². The third-order valence-corrected chi connectivity index (χ3v) is 4.22. The zero-order valence-electron chi connectivity index (χ0n) is 13.6. The number of amides is 1. The van der Waals surface area contributed by atoms with E-state index in [0.717, 1.165) is 5.56 Å². The van der Waals surface area contributed by atoms with E-state index in [1.807, 2.05) is 37.3 Å². The largest absolute Gasteiger partial charge is 0.478 e. The molecular weight excluding hydrogens is 306 g/mol. The van der Waals surface area contributed by atoms with Crippen molar-refractivity contribution in [1.82, 2.24) is 0 Å². The predicted octanol–water partition coefficient (Wildman–Crippen LogP) is 3.55. The van der Waals surface area contributed by atoms with Crippen LogP contribution < -0.4 is 10.1 Å². The van der Waals surface area contributed by atoms with Crippen molar-refractivity contribution in [3.63, 3.8) is 0 Å². The van der Waals surface area contributed by atoms with E-state index in [1.165, 1.54) is 6.07 Å². The summed E-state index contributed by atoms with van der Waals surface area (Å²) in [6.07, 6.45) is 1.29. The number of rotatable bonds is 5. The fourth-order valence-corrected chi connectivity index (χ4v) is 2.66. The van der Waals surface area contributed by atoms with Crippen LogP contribution in [-0.4, -0.2) is 22.6 Å². The lowest BCUT2D eigenvalue weighted by atomic mass is 10.0. The minimum Gasteiger partial charge on any atom is -0.478 e. The second kappa shape index (κ2) is 6.00. The normalized spacial score (nSPS) is 14.8. The molecule has 2 N–H and O–H groups in total. The van der Waals surface area contributed by atoms with Crippen LogP contribution in [-0.2, 0) is 4.79 Å². The molecule has 0 spiro atoms. The highest BCUT2D eigenvalue weighted by Gasteiger charge is 2.53. The number of carbonyl (C=O) groups excluding carboxylic acids is 1. The van der Waals surface area contributed by atoms with Gasteiger partial charge in [-0.1, -0.05) is 24.3 Å². The van der Waals surface area contributed by atoms with Crippen LogP contribution >= 0.6 is 0 Å². The van der Waals surface area contributed by atoms with E-state index in [9.17, 15) is 14.7 Å². The molecule has 0 heterocycles. The van der Waals surface area contributed by atoms with Crippen molar-refractivity contribution in [1.29, 1.82) is 0 Å². The SMILES string of the molecule is Cc1cc(C)c(C(=O)O)cc1NC(=O)C1(Oc2ccccc2)CC1. The zero-order valence-corrected chi connectivity index (χ0v) is 13.6. The third kappa shape index (κ3) is 3.11. The number of carboxylic acid groups (broad SMARTS) is 1. The Bertz CT molecular complexity index is 795. The van der Waals surface area contributed by atoms with Gasteiger partial charge in [-0.25, -0.2) is 4.79 Å². The first kappa shape index (κ1) is 16.1. The Balaban J connectivity index is 1.80. The molecule has 1 aliphatic carbocycles. The topological polar surface area (TPSA) is 75.6 Å². The lowest BCUT2D eigenvalue weighted by molar-refractivity contribution is -0.124. The Labute approximate surface area is 140 Å². The van der Waals surface area contributed by atoms with E-state index in [4.69, 9.17) is 4.74 Å². The number of ether oxygens (including phenoxy) is 1. The van der Waals surface area contributed by atoms with Crippen LogP contribution in [0.5, 0.6) is 5.75 Å². The van der Waals surface area contributed by atoms with Gasteiger partial charge in [0.15, 0.2) is 5.60 Å². The highest BCUT2D eigenvalue weighted by Crippen LogP contribution is 2.41. The Morgan fingerprint density at radius 2 is 1.75 bits per heavy atom. The van der Waals surface area contributed by atoms with E-state index in [1.54, 1.807) is 13.0 Å². The monoisotopic (exact) mass is 325 g/mol. The number of aromatic carboxylic acids is 1. The van der Waals surface area contributed by atoms with Crippen LogP contribution in [0.4, 0.5) is 5.69 Å². The smallest absolute Gasteiger partial charge is 0.336 e. The summed E-state index contributed by atoms with van der Waals surface area (Å²) in [6.45, 7) is 3.58. The minimum absolute atomic E-state index is 0.185. The second-order valence-electron chi connectivity index (χ2n) is 6.15. The molecule has 2 aromatic rings. The second-order valence-corrected chi connectivity index (χ2v) is 6.15. The first-order valence-corrected chi connectivity index (χ1v) is 7.81. The molecule has 124 valence electrons. The maximum absolute atomic E-state index is 12.6. The zero-order chi connectivity index (χ0) is 17.3. The van der Waals surface area contributed by atoms with E-state index in [-0.39, 0.29) is 11.5 Å². The molecule has 1 amide bonds. The summed E-state index contributed by atoms with van der Waals surface area (Å²) >= 11 is 0. The number of para-hydroxylation sites is 1. The Kier molecular flexibility index (Phi) is 4.01. The highest BCUT2D eigenvalue weighted by atomic mass is 16.5. The van der Waals surface area contributed by atoms with Crippen LogP contribution in [0.25, 0.3) is 0 Å². The Morgan fingerprint density at radius 3 is 2.33 bits per heavy atom. The van der Waals surface area contributed by atoms with Crippen molar-refractivity contribution in [3.8, 4) is 5.75 Å². The number of carboxylic acids is 1. The Morgan fingerprint density at radius 1 is 1.08 bits per heavy atom. The van der Waals surface area contributed by atoms with Crippen molar-refractivity contribution in [3.05, 3.63) is 59.2 Å². The molecule has 1 aliphatic rings. The molecule has 1 saturated carbocycles. The van der Waals surface area contributed by atoms with Gasteiger partial charge in [-0.2, -0.15) is 0 Å². The number of anilines is 1. The predicted molar refractivity (Wildman–Crippen MR) is 90.5 cm³/mol. The number of hydrogen-bond acceptors (Lipinski definition) is 3. The molecule has 5 nitrogen and oxygen atoms in total. The van der Waals surface area contributed by atoms with Crippen molar-refractivity contribution in [2.45, 2.75) is 32.3 Å². The van der Waals surface area contributed by atoms with Gasteiger partial charge in [0.2, 0.25) is 0 Å². The summed E-state index contributed by atoms with van der Waals surface area (Å²) < 4.78 is 5.86. The standard InChI is InChI=1S/C19H19NO4/c1-12-10-13(2)16(11-15(12)17(21)22)20-18(23)19(8-9-19)24-14-6-4-3-5-7-14/h3-7,10-11H,8-9H2,1-2H3,(H,20,23)(H,21,22). The first-order chi connectivity index (χ1) is 11.4. The molecule has 5 heteroatoms. The fourth-order valence-electron chi connectivity index (χ4n) is 2.66. The summed E-state index contributed by atoms with van der Waals surface area (Å²) in [5, 5.41) is 12.1. The van der Waals surface area contributed by atoms with Gasteiger partial charge in [0.25, 0.3) is 5.91 Å².